The van der Waals surface area contributed by atoms with Crippen molar-refractivity contribution in [1.82, 2.24) is 0 Å². The summed E-state index contributed by atoms with van der Waals surface area (Å²) < 4.78 is 0. The molecule has 1 aliphatic rings. The Balaban J connectivity index is 2.59. The Hall–Kier alpha value is 0.320. The van der Waals surface area contributed by atoms with Gasteiger partial charge in [0.2, 0.25) is 6.04 Å². The third kappa shape index (κ3) is 2.17. The Morgan fingerprint density at radius 3 is 2.08 bits per heavy atom. The highest BCUT2D eigenvalue weighted by Gasteiger charge is 2.38. The second-order valence-electron chi connectivity index (χ2n) is 3.02. The van der Waals surface area contributed by atoms with Crippen LogP contribution in [0, 0.1) is 10.1 Å². The number of nitro groups is 1. The molecule has 0 saturated heterocycles. The zero-order chi connectivity index (χ0) is 9.30. The van der Waals surface area contributed by atoms with Crippen molar-refractivity contribution < 1.29 is 4.92 Å². The predicted octanol–water partition coefficient (Wildman–Crippen LogP) is 1.28. The standard InChI is InChI=1S/C6H10Br2N2O2/c7-4-1-3(10(11)12)2-5(8)6(4)9/h3-6H,1-2,9H2. The highest BCUT2D eigenvalue weighted by atomic mass is 79.9. The summed E-state index contributed by atoms with van der Waals surface area (Å²) in [7, 11) is 0. The van der Waals surface area contributed by atoms with E-state index >= 15 is 0 Å². The Kier molecular flexibility index (Phi) is 3.48. The minimum Gasteiger partial charge on any atom is -0.326 e. The molecule has 0 aromatic heterocycles. The smallest absolute Gasteiger partial charge is 0.215 e. The van der Waals surface area contributed by atoms with Gasteiger partial charge in [-0.3, -0.25) is 10.1 Å². The lowest BCUT2D eigenvalue weighted by Gasteiger charge is -2.30. The van der Waals surface area contributed by atoms with Crippen LogP contribution in [0.5, 0.6) is 0 Å². The Bertz CT molecular complexity index is 178. The van der Waals surface area contributed by atoms with E-state index in [2.05, 4.69) is 31.9 Å². The Labute approximate surface area is 87.3 Å². The quantitative estimate of drug-likeness (QED) is 0.451. The molecule has 1 fully saturated rings. The van der Waals surface area contributed by atoms with Crippen molar-refractivity contribution in [1.29, 1.82) is 0 Å². The lowest BCUT2D eigenvalue weighted by atomic mass is 9.92. The number of halogens is 2. The zero-order valence-electron chi connectivity index (χ0n) is 6.32. The summed E-state index contributed by atoms with van der Waals surface area (Å²) in [6.45, 7) is 0. The van der Waals surface area contributed by atoms with Crippen molar-refractivity contribution in [3.05, 3.63) is 10.1 Å². The second-order valence-corrected chi connectivity index (χ2v) is 5.37. The molecular formula is C6H10Br2N2O2. The molecule has 0 heterocycles. The van der Waals surface area contributed by atoms with Crippen LogP contribution >= 0.6 is 31.9 Å². The van der Waals surface area contributed by atoms with Crippen LogP contribution < -0.4 is 5.73 Å². The van der Waals surface area contributed by atoms with Crippen molar-refractivity contribution in [3.8, 4) is 0 Å². The molecular weight excluding hydrogens is 292 g/mol. The third-order valence-electron chi connectivity index (χ3n) is 2.13. The molecule has 1 rings (SSSR count). The van der Waals surface area contributed by atoms with E-state index in [1.54, 1.807) is 0 Å². The van der Waals surface area contributed by atoms with Gasteiger partial charge in [0, 0.05) is 33.5 Å². The van der Waals surface area contributed by atoms with Gasteiger partial charge < -0.3 is 5.73 Å². The average molecular weight is 302 g/mol. The lowest BCUT2D eigenvalue weighted by Crippen LogP contribution is -2.48. The van der Waals surface area contributed by atoms with Gasteiger partial charge in [0.25, 0.3) is 0 Å². The van der Waals surface area contributed by atoms with Crippen LogP contribution in [0.25, 0.3) is 0 Å². The highest BCUT2D eigenvalue weighted by Crippen LogP contribution is 2.29. The number of nitrogens with zero attached hydrogens (tertiary/aromatic N) is 1. The number of rotatable bonds is 1. The second kappa shape index (κ2) is 4.02. The molecule has 70 valence electrons. The predicted molar refractivity (Wildman–Crippen MR) is 53.4 cm³/mol. The van der Waals surface area contributed by atoms with Gasteiger partial charge in [0.1, 0.15) is 0 Å². The minimum atomic E-state index is -0.460. The van der Waals surface area contributed by atoms with Crippen molar-refractivity contribution in [2.24, 2.45) is 5.73 Å². The van der Waals surface area contributed by atoms with Crippen molar-refractivity contribution in [3.63, 3.8) is 0 Å². The maximum Gasteiger partial charge on any atom is 0.215 e. The SMILES string of the molecule is NC1C(Br)CC([N+](=O)[O-])CC1Br. The van der Waals surface area contributed by atoms with E-state index < -0.39 is 6.04 Å². The van der Waals surface area contributed by atoms with Crippen LogP contribution in [0.2, 0.25) is 0 Å². The zero-order valence-corrected chi connectivity index (χ0v) is 9.49. The van der Waals surface area contributed by atoms with E-state index in [9.17, 15) is 10.1 Å². The molecule has 4 nitrogen and oxygen atoms in total. The molecule has 1 aliphatic carbocycles. The fourth-order valence-corrected chi connectivity index (χ4v) is 3.34. The van der Waals surface area contributed by atoms with Crippen LogP contribution in [-0.2, 0) is 0 Å². The summed E-state index contributed by atoms with van der Waals surface area (Å²) in [5, 5.41) is 10.5. The average Bonchev–Trinajstić information content (AvgIpc) is 1.99. The Morgan fingerprint density at radius 2 is 1.75 bits per heavy atom. The van der Waals surface area contributed by atoms with Crippen molar-refractivity contribution in [2.75, 3.05) is 0 Å². The summed E-state index contributed by atoms with van der Waals surface area (Å²) >= 11 is 6.69. The van der Waals surface area contributed by atoms with E-state index in [0.717, 1.165) is 0 Å². The first kappa shape index (κ1) is 10.4. The summed E-state index contributed by atoms with van der Waals surface area (Å²) in [6, 6.07) is -0.486. The Morgan fingerprint density at radius 1 is 1.33 bits per heavy atom. The number of nitrogens with two attached hydrogens (primary N) is 1. The van der Waals surface area contributed by atoms with Gasteiger partial charge >= 0.3 is 0 Å². The number of hydrogen-bond donors (Lipinski definition) is 1. The topological polar surface area (TPSA) is 69.2 Å². The largest absolute Gasteiger partial charge is 0.326 e. The summed E-state index contributed by atoms with van der Waals surface area (Å²) in [6.07, 6.45) is 1.05. The van der Waals surface area contributed by atoms with E-state index in [1.807, 2.05) is 0 Å². The van der Waals surface area contributed by atoms with E-state index in [4.69, 9.17) is 5.73 Å². The third-order valence-corrected chi connectivity index (χ3v) is 4.10. The molecule has 0 aliphatic heterocycles. The molecule has 0 radical (unpaired) electrons. The van der Waals surface area contributed by atoms with Gasteiger partial charge in [-0.05, 0) is 0 Å². The minimum absolute atomic E-state index is 0.0267. The molecule has 2 N–H and O–H groups in total. The molecule has 6 heteroatoms. The van der Waals surface area contributed by atoms with Gasteiger partial charge in [0.05, 0.1) is 0 Å². The molecule has 0 bridgehead atoms. The summed E-state index contributed by atoms with van der Waals surface area (Å²) in [5.74, 6) is 0. The first-order valence-corrected chi connectivity index (χ1v) is 5.52. The summed E-state index contributed by atoms with van der Waals surface area (Å²) in [4.78, 5) is 10.3. The number of alkyl halides is 2. The van der Waals surface area contributed by atoms with Gasteiger partial charge in [-0.2, -0.15) is 0 Å². The van der Waals surface area contributed by atoms with Gasteiger partial charge in [-0.25, -0.2) is 0 Å². The van der Waals surface area contributed by atoms with E-state index in [-0.39, 0.29) is 20.6 Å². The molecule has 0 amide bonds. The first-order valence-electron chi connectivity index (χ1n) is 3.69. The first-order chi connectivity index (χ1) is 5.52. The fraction of sp³-hybridized carbons (Fsp3) is 1.00. The van der Waals surface area contributed by atoms with Crippen LogP contribution in [0.3, 0.4) is 0 Å². The molecule has 2 unspecified atom stereocenters. The van der Waals surface area contributed by atoms with Crippen molar-refractivity contribution >= 4 is 31.9 Å². The van der Waals surface area contributed by atoms with Crippen molar-refractivity contribution in [2.45, 2.75) is 34.6 Å². The molecule has 1 saturated carbocycles. The van der Waals surface area contributed by atoms with E-state index in [0.29, 0.717) is 12.8 Å². The summed E-state index contributed by atoms with van der Waals surface area (Å²) in [5.41, 5.74) is 5.77. The molecule has 2 atom stereocenters. The number of hydrogen-bond acceptors (Lipinski definition) is 3. The normalized spacial score (nSPS) is 42.6. The molecule has 0 aromatic carbocycles. The van der Waals surface area contributed by atoms with E-state index in [1.165, 1.54) is 0 Å². The molecule has 0 spiro atoms. The van der Waals surface area contributed by atoms with Crippen LogP contribution in [0.15, 0.2) is 0 Å². The maximum absolute atomic E-state index is 10.5. The van der Waals surface area contributed by atoms with Crippen LogP contribution in [-0.4, -0.2) is 26.7 Å². The highest BCUT2D eigenvalue weighted by molar-refractivity contribution is 9.10. The van der Waals surface area contributed by atoms with Crippen LogP contribution in [0.4, 0.5) is 0 Å². The van der Waals surface area contributed by atoms with Crippen LogP contribution in [0.1, 0.15) is 12.8 Å². The van der Waals surface area contributed by atoms with Gasteiger partial charge in [-0.15, -0.1) is 0 Å². The van der Waals surface area contributed by atoms with Gasteiger partial charge in [0.15, 0.2) is 0 Å². The molecule has 12 heavy (non-hydrogen) atoms. The fourth-order valence-electron chi connectivity index (χ4n) is 1.33. The maximum atomic E-state index is 10.5. The monoisotopic (exact) mass is 300 g/mol. The van der Waals surface area contributed by atoms with Gasteiger partial charge in [-0.1, -0.05) is 31.9 Å². The molecule has 0 aromatic rings. The lowest BCUT2D eigenvalue weighted by molar-refractivity contribution is -0.525.